The van der Waals surface area contributed by atoms with Crippen molar-refractivity contribution >= 4 is 51.9 Å². The molecule has 0 spiro atoms. The Hall–Kier alpha value is -3.15. The molecule has 14 nitrogen and oxygen atoms in total. The molecule has 0 aromatic rings. The van der Waals surface area contributed by atoms with Gasteiger partial charge in [0.15, 0.2) is 6.29 Å². The van der Waals surface area contributed by atoms with Crippen LogP contribution < -0.4 is 0 Å². The lowest BCUT2D eigenvalue weighted by molar-refractivity contribution is -0.150. The number of nitrogens with zero attached hydrogens (tertiary/aromatic N) is 4. The van der Waals surface area contributed by atoms with Gasteiger partial charge in [0.05, 0.1) is 6.10 Å². The molecule has 0 radical (unpaired) electrons. The molecular weight excluding hydrogens is 1240 g/mol. The van der Waals surface area contributed by atoms with Crippen LogP contribution in [-0.2, 0) is 33.3 Å². The molecule has 0 aromatic carbocycles. The van der Waals surface area contributed by atoms with Crippen molar-refractivity contribution in [1.29, 1.82) is 0 Å². The summed E-state index contributed by atoms with van der Waals surface area (Å²) in [5.74, 6) is 1.63. The molecule has 3 unspecified atom stereocenters. The van der Waals surface area contributed by atoms with Gasteiger partial charge in [-0.3, -0.25) is 24.0 Å². The SMILES string of the molecule is CCC/C=C/CCC(CC/C=C/CCC)OC(=O)CCCN(CCCCCC(=O)OC/C=C\CCCCC(C)CCCCCCCCC(CCCCCCCC)OC(O)CCCN(CCCCCC(=O)OC/C=C\CCCCCC)C(=O)SCCN(C)C)C(=O)SCCN(C)C. The Morgan fingerprint density at radius 1 is 0.365 bits per heavy atom. The second kappa shape index (κ2) is 70.3. The van der Waals surface area contributed by atoms with Gasteiger partial charge in [-0.2, -0.15) is 0 Å². The summed E-state index contributed by atoms with van der Waals surface area (Å²) < 4.78 is 23.3. The molecule has 0 aliphatic rings. The summed E-state index contributed by atoms with van der Waals surface area (Å²) in [4.78, 5) is 72.5. The number of hydrogen-bond donors (Lipinski definition) is 1. The van der Waals surface area contributed by atoms with E-state index in [-0.39, 0.29) is 47.0 Å². The molecule has 0 rings (SSSR count). The number of esters is 3. The van der Waals surface area contributed by atoms with Crippen molar-refractivity contribution in [2.75, 3.05) is 92.2 Å². The quantitative estimate of drug-likeness (QED) is 0.0202. The minimum absolute atomic E-state index is 0.0413. The zero-order chi connectivity index (χ0) is 70.6. The smallest absolute Gasteiger partial charge is 0.306 e. The molecule has 96 heavy (non-hydrogen) atoms. The normalized spacial score (nSPS) is 13.0. The van der Waals surface area contributed by atoms with E-state index >= 15 is 0 Å². The summed E-state index contributed by atoms with van der Waals surface area (Å²) in [7, 11) is 8.05. The molecule has 0 saturated heterocycles. The average molecular weight is 1390 g/mol. The third-order valence-corrected chi connectivity index (χ3v) is 19.2. The van der Waals surface area contributed by atoms with Crippen LogP contribution in [0, 0.1) is 5.92 Å². The maximum Gasteiger partial charge on any atom is 0.306 e. The summed E-state index contributed by atoms with van der Waals surface area (Å²) in [6.07, 6.45) is 60.0. The number of amides is 2. The van der Waals surface area contributed by atoms with Crippen molar-refractivity contribution in [3.05, 3.63) is 48.6 Å². The summed E-state index contributed by atoms with van der Waals surface area (Å²) in [5.41, 5.74) is 0. The molecule has 1 N–H and O–H groups in total. The predicted molar refractivity (Wildman–Crippen MR) is 410 cm³/mol. The van der Waals surface area contributed by atoms with Gasteiger partial charge >= 0.3 is 17.9 Å². The molecule has 0 heterocycles. The van der Waals surface area contributed by atoms with Crippen LogP contribution in [0.1, 0.15) is 317 Å². The molecule has 3 atom stereocenters. The van der Waals surface area contributed by atoms with E-state index < -0.39 is 6.29 Å². The number of rotatable bonds is 69. The Balaban J connectivity index is 4.67. The van der Waals surface area contributed by atoms with Gasteiger partial charge in [0, 0.05) is 70.0 Å². The number of ether oxygens (including phenoxy) is 4. The summed E-state index contributed by atoms with van der Waals surface area (Å²) in [6, 6.07) is 0. The van der Waals surface area contributed by atoms with Crippen molar-refractivity contribution in [3.63, 3.8) is 0 Å². The van der Waals surface area contributed by atoms with Crippen LogP contribution in [0.25, 0.3) is 0 Å². The molecule has 560 valence electrons. The van der Waals surface area contributed by atoms with Gasteiger partial charge in [0.2, 0.25) is 0 Å². The summed E-state index contributed by atoms with van der Waals surface area (Å²) in [6.45, 7) is 15.8. The Morgan fingerprint density at radius 2 is 0.750 bits per heavy atom. The fraction of sp³-hybridized carbons (Fsp3) is 0.838. The molecule has 16 heteroatoms. The highest BCUT2D eigenvalue weighted by Gasteiger charge is 2.20. The van der Waals surface area contributed by atoms with Gasteiger partial charge in [-0.25, -0.2) is 0 Å². The third-order valence-electron chi connectivity index (χ3n) is 17.5. The van der Waals surface area contributed by atoms with Crippen molar-refractivity contribution in [2.24, 2.45) is 5.92 Å². The van der Waals surface area contributed by atoms with Gasteiger partial charge in [-0.15, -0.1) is 0 Å². The number of carbonyl (C=O) groups excluding carboxylic acids is 5. The molecule has 2 amide bonds. The Kier molecular flexibility index (Phi) is 68.0. The monoisotopic (exact) mass is 1390 g/mol. The fourth-order valence-electron chi connectivity index (χ4n) is 11.3. The van der Waals surface area contributed by atoms with Crippen molar-refractivity contribution < 1.29 is 48.0 Å². The molecular formula is C80H148N4O10S2. The minimum atomic E-state index is -0.837. The molecule has 0 fully saturated rings. The zero-order valence-corrected chi connectivity index (χ0v) is 65.0. The number of aliphatic hydroxyl groups excluding tert-OH is 1. The lowest BCUT2D eigenvalue weighted by Gasteiger charge is -2.25. The molecule has 0 aliphatic heterocycles. The van der Waals surface area contributed by atoms with Crippen LogP contribution in [0.15, 0.2) is 48.6 Å². The number of allylic oxidation sites excluding steroid dienone is 6. The minimum Gasteiger partial charge on any atom is -0.462 e. The van der Waals surface area contributed by atoms with Crippen LogP contribution >= 0.6 is 23.5 Å². The van der Waals surface area contributed by atoms with E-state index in [0.717, 1.165) is 153 Å². The summed E-state index contributed by atoms with van der Waals surface area (Å²) in [5, 5.41) is 11.3. The Labute approximate surface area is 598 Å². The van der Waals surface area contributed by atoms with Gasteiger partial charge in [0.1, 0.15) is 19.3 Å². The number of hydrogen-bond acceptors (Lipinski definition) is 14. The Bertz CT molecular complexity index is 1920. The van der Waals surface area contributed by atoms with Gasteiger partial charge in [-0.1, -0.05) is 248 Å². The molecule has 0 aromatic heterocycles. The van der Waals surface area contributed by atoms with Gasteiger partial charge < -0.3 is 43.7 Å². The van der Waals surface area contributed by atoms with Gasteiger partial charge in [-0.05, 0) is 156 Å². The summed E-state index contributed by atoms with van der Waals surface area (Å²) >= 11 is 2.70. The molecule has 0 bridgehead atoms. The first-order valence-electron chi connectivity index (χ1n) is 39.2. The number of unbranched alkanes of at least 4 members (excludes halogenated alkanes) is 22. The predicted octanol–water partition coefficient (Wildman–Crippen LogP) is 21.2. The first kappa shape index (κ1) is 92.8. The lowest BCUT2D eigenvalue weighted by atomic mass is 9.96. The Morgan fingerprint density at radius 3 is 1.23 bits per heavy atom. The topological polar surface area (TPSA) is 155 Å². The second-order valence-corrected chi connectivity index (χ2v) is 29.6. The van der Waals surface area contributed by atoms with E-state index in [1.807, 2.05) is 50.1 Å². The first-order chi connectivity index (χ1) is 46.6. The standard InChI is InChI=1S/C80H148N4O10S2/c1-10-14-18-22-26-34-48-68-91-75(85)58-44-36-46-62-84(80(90)96-71-67-82(8)9)65-51-61-78(88)94-74(56-42-32-23-19-15-11-2)57-43-33-25-24-30-38-52-72(5)53-39-31-27-35-49-69-92-76(86)59-45-37-47-63-83(79(89)95-70-66-81(6)7)64-50-60-77(87)93-73(54-40-28-20-16-12-3)55-41-29-21-17-13-4/h20-21,28-29,34-35,48-49,72-74,78,88H,10-19,22-27,30-33,36-47,50-71H2,1-9H3/b28-20+,29-21+,48-34-,49-35-. The number of carbonyl (C=O) groups is 5. The van der Waals surface area contributed by atoms with Crippen LogP contribution in [0.5, 0.6) is 0 Å². The van der Waals surface area contributed by atoms with E-state index in [9.17, 15) is 29.1 Å². The maximum absolute atomic E-state index is 13.4. The van der Waals surface area contributed by atoms with E-state index in [0.29, 0.717) is 83.7 Å². The van der Waals surface area contributed by atoms with Crippen LogP contribution in [0.4, 0.5) is 9.59 Å². The molecule has 0 aliphatic carbocycles. The highest BCUT2D eigenvalue weighted by atomic mass is 32.2. The van der Waals surface area contributed by atoms with E-state index in [2.05, 4.69) is 80.9 Å². The highest BCUT2D eigenvalue weighted by Crippen LogP contribution is 2.23. The van der Waals surface area contributed by atoms with E-state index in [1.165, 1.54) is 133 Å². The molecule has 0 saturated carbocycles. The number of aliphatic hydroxyl groups is 1. The van der Waals surface area contributed by atoms with E-state index in [1.54, 1.807) is 0 Å². The third kappa shape index (κ3) is 64.2. The fourth-order valence-corrected chi connectivity index (χ4v) is 13.3. The zero-order valence-electron chi connectivity index (χ0n) is 63.3. The first-order valence-corrected chi connectivity index (χ1v) is 41.2. The van der Waals surface area contributed by atoms with Crippen molar-refractivity contribution in [2.45, 2.75) is 336 Å². The van der Waals surface area contributed by atoms with Gasteiger partial charge in [0.25, 0.3) is 10.5 Å². The lowest BCUT2D eigenvalue weighted by Crippen LogP contribution is -2.32. The second-order valence-electron chi connectivity index (χ2n) is 27.5. The largest absolute Gasteiger partial charge is 0.462 e. The van der Waals surface area contributed by atoms with Crippen LogP contribution in [0.3, 0.4) is 0 Å². The van der Waals surface area contributed by atoms with Crippen LogP contribution in [0.2, 0.25) is 0 Å². The highest BCUT2D eigenvalue weighted by molar-refractivity contribution is 8.13. The average Bonchev–Trinajstić information content (AvgIpc) is 1.86. The van der Waals surface area contributed by atoms with E-state index in [4.69, 9.17) is 18.9 Å². The maximum atomic E-state index is 13.4. The van der Waals surface area contributed by atoms with Crippen molar-refractivity contribution in [1.82, 2.24) is 19.6 Å². The van der Waals surface area contributed by atoms with Crippen LogP contribution in [-0.4, -0.2) is 164 Å². The van der Waals surface area contributed by atoms with Crippen molar-refractivity contribution in [3.8, 4) is 0 Å². The number of thioether (sulfide) groups is 2.